The second-order valence-electron chi connectivity index (χ2n) is 5.53. The van der Waals surface area contributed by atoms with E-state index < -0.39 is 0 Å². The summed E-state index contributed by atoms with van der Waals surface area (Å²) in [5.74, 6) is 0.310. The fourth-order valence-electron chi connectivity index (χ4n) is 2.79. The van der Waals surface area contributed by atoms with Crippen molar-refractivity contribution in [3.8, 4) is 23.1 Å². The number of nitrogens with zero attached hydrogens (tertiary/aromatic N) is 3. The minimum absolute atomic E-state index is 0.158. The number of benzene rings is 2. The number of hydrogen-bond acceptors (Lipinski definition) is 4. The van der Waals surface area contributed by atoms with E-state index in [1.54, 1.807) is 42.5 Å². The molecule has 132 valence electrons. The summed E-state index contributed by atoms with van der Waals surface area (Å²) in [6.45, 7) is 7.13. The molecule has 3 rings (SSSR count). The molecule has 0 spiro atoms. The summed E-state index contributed by atoms with van der Waals surface area (Å²) in [6, 6.07) is 15.0. The summed E-state index contributed by atoms with van der Waals surface area (Å²) in [5, 5.41) is 9.85. The van der Waals surface area contributed by atoms with Crippen LogP contribution < -0.4 is 4.74 Å². The highest BCUT2D eigenvalue weighted by Crippen LogP contribution is 2.33. The van der Waals surface area contributed by atoms with E-state index in [2.05, 4.69) is 9.83 Å². The maximum Gasteiger partial charge on any atom is 0.303 e. The van der Waals surface area contributed by atoms with Crippen molar-refractivity contribution in [2.75, 3.05) is 14.2 Å². The van der Waals surface area contributed by atoms with Crippen LogP contribution in [-0.4, -0.2) is 19.2 Å². The van der Waals surface area contributed by atoms with Gasteiger partial charge in [-0.1, -0.05) is 18.2 Å². The summed E-state index contributed by atoms with van der Waals surface area (Å²) in [5.41, 5.74) is 1.67. The average molecular weight is 359 g/mol. The van der Waals surface area contributed by atoms with Gasteiger partial charge >= 0.3 is 5.70 Å². The number of methoxy groups -OCH3 is 2. The Kier molecular flexibility index (Phi) is 5.01. The van der Waals surface area contributed by atoms with Crippen LogP contribution in [0, 0.1) is 23.7 Å². The highest BCUT2D eigenvalue weighted by molar-refractivity contribution is 5.90. The van der Waals surface area contributed by atoms with Crippen molar-refractivity contribution < 1.29 is 13.9 Å². The molecule has 0 amide bonds. The number of nitriles is 1. The van der Waals surface area contributed by atoms with Gasteiger partial charge in [-0.25, -0.2) is 19.5 Å². The molecule has 0 aliphatic carbocycles. The molecule has 27 heavy (non-hydrogen) atoms. The Labute approximate surface area is 155 Å². The largest absolute Gasteiger partial charge is 0.506 e. The fourth-order valence-corrected chi connectivity index (χ4v) is 2.79. The van der Waals surface area contributed by atoms with Crippen LogP contribution in [0.1, 0.15) is 5.56 Å². The van der Waals surface area contributed by atoms with E-state index in [1.165, 1.54) is 20.3 Å². The zero-order valence-corrected chi connectivity index (χ0v) is 14.7. The molecular formula is C21H14FN3O2. The van der Waals surface area contributed by atoms with Gasteiger partial charge in [-0.3, -0.25) is 0 Å². The second-order valence-corrected chi connectivity index (χ2v) is 5.53. The minimum atomic E-state index is -0.389. The first kappa shape index (κ1) is 17.9. The predicted molar refractivity (Wildman–Crippen MR) is 99.8 cm³/mol. The lowest BCUT2D eigenvalue weighted by molar-refractivity contribution is 0.368. The Balaban J connectivity index is 2.28. The molecule has 3 aromatic rings. The Morgan fingerprint density at radius 3 is 2.59 bits per heavy atom. The summed E-state index contributed by atoms with van der Waals surface area (Å²) in [6.07, 6.45) is 0. The zero-order chi connectivity index (χ0) is 19.4. The van der Waals surface area contributed by atoms with Gasteiger partial charge in [-0.15, -0.1) is 0 Å². The van der Waals surface area contributed by atoms with E-state index in [0.717, 1.165) is 5.39 Å². The third kappa shape index (κ3) is 3.29. The summed E-state index contributed by atoms with van der Waals surface area (Å²) in [7, 11) is 2.92. The third-order valence-electron chi connectivity index (χ3n) is 4.04. The van der Waals surface area contributed by atoms with Gasteiger partial charge < -0.3 is 9.47 Å². The molecule has 0 aliphatic heterocycles. The molecule has 0 atom stereocenters. The molecule has 0 aliphatic rings. The number of hydrogen-bond donors (Lipinski definition) is 0. The zero-order valence-electron chi connectivity index (χ0n) is 14.7. The van der Waals surface area contributed by atoms with Gasteiger partial charge in [0.1, 0.15) is 17.3 Å². The lowest BCUT2D eigenvalue weighted by atomic mass is 10.0. The molecule has 1 heterocycles. The first-order chi connectivity index (χ1) is 13.1. The molecule has 2 aromatic carbocycles. The fraction of sp³-hybridized carbons (Fsp3) is 0.0952. The van der Waals surface area contributed by atoms with Crippen molar-refractivity contribution in [1.82, 2.24) is 4.98 Å². The van der Waals surface area contributed by atoms with Gasteiger partial charge in [0.05, 0.1) is 38.1 Å². The number of pyridine rings is 1. The number of fused-ring (bicyclic) bond motifs is 1. The first-order valence-corrected chi connectivity index (χ1v) is 7.92. The summed E-state index contributed by atoms with van der Waals surface area (Å²) in [4.78, 5) is 7.74. The Bertz CT molecular complexity index is 1120. The molecule has 5 nitrogen and oxygen atoms in total. The molecule has 6 heteroatoms. The first-order valence-electron chi connectivity index (χ1n) is 7.92. The van der Waals surface area contributed by atoms with E-state index in [-0.39, 0.29) is 17.3 Å². The van der Waals surface area contributed by atoms with Crippen LogP contribution >= 0.6 is 0 Å². The highest BCUT2D eigenvalue weighted by Gasteiger charge is 2.15. The van der Waals surface area contributed by atoms with Gasteiger partial charge in [0.15, 0.2) is 0 Å². The predicted octanol–water partition coefficient (Wildman–Crippen LogP) is 4.81. The average Bonchev–Trinajstić information content (AvgIpc) is 2.70. The van der Waals surface area contributed by atoms with Crippen LogP contribution in [-0.2, 0) is 4.74 Å². The van der Waals surface area contributed by atoms with Crippen molar-refractivity contribution in [2.45, 2.75) is 0 Å². The Morgan fingerprint density at radius 2 is 1.96 bits per heavy atom. The van der Waals surface area contributed by atoms with E-state index >= 15 is 0 Å². The maximum atomic E-state index is 14.2. The maximum absolute atomic E-state index is 14.2. The molecular weight excluding hydrogens is 345 g/mol. The lowest BCUT2D eigenvalue weighted by Gasteiger charge is -2.12. The molecule has 0 saturated carbocycles. The van der Waals surface area contributed by atoms with Gasteiger partial charge in [0.25, 0.3) is 0 Å². The van der Waals surface area contributed by atoms with E-state index in [4.69, 9.17) is 21.3 Å². The standard InChI is InChI=1S/C21H14FN3O2/c1-24-19(12-23)21(27-3)13-8-9-15-17(10-13)25-18(11-20(15)26-2)14-6-4-5-7-16(14)22/h4-11H,2-3H3/b21-19-. The molecule has 0 unspecified atom stereocenters. The molecule has 0 saturated heterocycles. The van der Waals surface area contributed by atoms with Gasteiger partial charge in [-0.2, -0.15) is 0 Å². The van der Waals surface area contributed by atoms with Crippen LogP contribution in [0.4, 0.5) is 4.39 Å². The molecule has 0 fully saturated rings. The lowest BCUT2D eigenvalue weighted by Crippen LogP contribution is -1.96. The Hall–Kier alpha value is -3.90. The van der Waals surface area contributed by atoms with Crippen LogP contribution in [0.15, 0.2) is 54.2 Å². The van der Waals surface area contributed by atoms with Crippen molar-refractivity contribution >= 4 is 16.7 Å². The topological polar surface area (TPSA) is 59.5 Å². The normalized spacial score (nSPS) is 11.3. The number of ether oxygens (including phenoxy) is 2. The Morgan fingerprint density at radius 1 is 1.19 bits per heavy atom. The van der Waals surface area contributed by atoms with Crippen molar-refractivity contribution in [1.29, 1.82) is 5.26 Å². The van der Waals surface area contributed by atoms with Gasteiger partial charge in [0, 0.05) is 22.6 Å². The molecule has 0 N–H and O–H groups in total. The number of allylic oxidation sites excluding steroid dienone is 1. The van der Waals surface area contributed by atoms with Crippen LogP contribution in [0.5, 0.6) is 5.75 Å². The van der Waals surface area contributed by atoms with Crippen molar-refractivity contribution in [2.24, 2.45) is 0 Å². The quantitative estimate of drug-likeness (QED) is 0.381. The van der Waals surface area contributed by atoms with E-state index in [1.807, 2.05) is 6.07 Å². The molecule has 0 radical (unpaired) electrons. The van der Waals surface area contributed by atoms with Crippen molar-refractivity contribution in [3.05, 3.63) is 77.0 Å². The van der Waals surface area contributed by atoms with Crippen LogP contribution in [0.3, 0.4) is 0 Å². The third-order valence-corrected chi connectivity index (χ3v) is 4.04. The number of halogens is 1. The summed E-state index contributed by atoms with van der Waals surface area (Å²) >= 11 is 0. The highest BCUT2D eigenvalue weighted by atomic mass is 19.1. The van der Waals surface area contributed by atoms with Crippen molar-refractivity contribution in [3.63, 3.8) is 0 Å². The number of aromatic nitrogens is 1. The monoisotopic (exact) mass is 359 g/mol. The molecule has 1 aromatic heterocycles. The van der Waals surface area contributed by atoms with Gasteiger partial charge in [0.2, 0.25) is 0 Å². The molecule has 0 bridgehead atoms. The van der Waals surface area contributed by atoms with E-state index in [0.29, 0.717) is 28.1 Å². The minimum Gasteiger partial charge on any atom is -0.506 e. The van der Waals surface area contributed by atoms with Crippen LogP contribution in [0.25, 0.3) is 32.8 Å². The second kappa shape index (κ2) is 7.55. The van der Waals surface area contributed by atoms with Gasteiger partial charge in [-0.05, 0) is 24.3 Å². The van der Waals surface area contributed by atoms with E-state index in [9.17, 15) is 4.39 Å². The number of rotatable bonds is 4. The van der Waals surface area contributed by atoms with Crippen LogP contribution in [0.2, 0.25) is 0 Å². The SMILES string of the molecule is [C-]#[N+]/C(C#N)=C(\OC)c1ccc2c(OC)cc(-c3ccccc3F)nc2c1. The summed E-state index contributed by atoms with van der Waals surface area (Å²) < 4.78 is 24.9. The smallest absolute Gasteiger partial charge is 0.303 e.